The van der Waals surface area contributed by atoms with Crippen LogP contribution in [0, 0.1) is 5.92 Å². The minimum atomic E-state index is -0.250. The molecule has 0 aromatic heterocycles. The van der Waals surface area contributed by atoms with Crippen LogP contribution in [-0.2, 0) is 14.3 Å². The zero-order chi connectivity index (χ0) is 15.2. The van der Waals surface area contributed by atoms with Crippen molar-refractivity contribution in [2.24, 2.45) is 5.92 Å². The third kappa shape index (κ3) is 4.66. The van der Waals surface area contributed by atoms with Crippen LogP contribution in [0.25, 0.3) is 0 Å². The SMILES string of the molecule is CN1CCN([C@H]2COC[C@@H]2NC(=O)C2CC2)CC1.O=CO. The Balaban J connectivity index is 0.000000497. The molecule has 3 aliphatic rings. The highest BCUT2D eigenvalue weighted by atomic mass is 16.5. The summed E-state index contributed by atoms with van der Waals surface area (Å²) < 4.78 is 5.58. The van der Waals surface area contributed by atoms with Gasteiger partial charge in [0.1, 0.15) is 0 Å². The van der Waals surface area contributed by atoms with E-state index in [0.717, 1.165) is 45.6 Å². The number of nitrogens with one attached hydrogen (secondary N) is 1. The van der Waals surface area contributed by atoms with Gasteiger partial charge >= 0.3 is 0 Å². The molecule has 1 amide bonds. The Morgan fingerprint density at radius 3 is 2.43 bits per heavy atom. The van der Waals surface area contributed by atoms with Crippen molar-refractivity contribution in [2.75, 3.05) is 46.4 Å². The standard InChI is InChI=1S/C13H23N3O2.CH2O2/c1-15-4-6-16(7-5-15)12-9-18-8-11(12)14-13(17)10-2-3-10;2-1-3/h10-12H,2-9H2,1H3,(H,14,17);1H,(H,2,3)/t11-,12-;/m0./s1. The third-order valence-corrected chi connectivity index (χ3v) is 4.33. The molecule has 21 heavy (non-hydrogen) atoms. The molecule has 2 aliphatic heterocycles. The fourth-order valence-electron chi connectivity index (χ4n) is 2.84. The molecular formula is C14H25N3O4. The van der Waals surface area contributed by atoms with E-state index >= 15 is 0 Å². The molecule has 120 valence electrons. The molecule has 1 saturated carbocycles. The zero-order valence-corrected chi connectivity index (χ0v) is 12.5. The normalized spacial score (nSPS) is 30.3. The number of likely N-dealkylation sites (N-methyl/N-ethyl adjacent to an activating group) is 1. The topological polar surface area (TPSA) is 82.1 Å². The summed E-state index contributed by atoms with van der Waals surface area (Å²) in [6.45, 7) is 5.58. The highest BCUT2D eigenvalue weighted by molar-refractivity contribution is 5.81. The van der Waals surface area contributed by atoms with Crippen molar-refractivity contribution in [1.82, 2.24) is 15.1 Å². The Bertz CT molecular complexity index is 354. The second kappa shape index (κ2) is 7.72. The van der Waals surface area contributed by atoms with Gasteiger partial charge in [0, 0.05) is 32.1 Å². The van der Waals surface area contributed by atoms with Crippen LogP contribution in [-0.4, -0.2) is 85.8 Å². The fraction of sp³-hybridized carbons (Fsp3) is 0.857. The Labute approximate surface area is 125 Å². The predicted molar refractivity (Wildman–Crippen MR) is 77.0 cm³/mol. The molecule has 2 atom stereocenters. The summed E-state index contributed by atoms with van der Waals surface area (Å²) in [5.74, 6) is 0.531. The molecule has 2 saturated heterocycles. The van der Waals surface area contributed by atoms with Crippen molar-refractivity contribution in [3.63, 3.8) is 0 Å². The van der Waals surface area contributed by atoms with E-state index in [2.05, 4.69) is 22.2 Å². The summed E-state index contributed by atoms with van der Waals surface area (Å²) in [7, 11) is 2.16. The van der Waals surface area contributed by atoms with Crippen molar-refractivity contribution in [1.29, 1.82) is 0 Å². The Morgan fingerprint density at radius 1 is 1.24 bits per heavy atom. The van der Waals surface area contributed by atoms with E-state index < -0.39 is 0 Å². The molecule has 7 heteroatoms. The fourth-order valence-corrected chi connectivity index (χ4v) is 2.84. The molecule has 3 rings (SSSR count). The molecule has 0 spiro atoms. The van der Waals surface area contributed by atoms with Gasteiger partial charge in [-0.15, -0.1) is 0 Å². The number of hydrogen-bond donors (Lipinski definition) is 2. The van der Waals surface area contributed by atoms with Crippen LogP contribution >= 0.6 is 0 Å². The van der Waals surface area contributed by atoms with Crippen molar-refractivity contribution in [3.8, 4) is 0 Å². The lowest BCUT2D eigenvalue weighted by atomic mass is 10.1. The zero-order valence-electron chi connectivity index (χ0n) is 12.5. The molecule has 2 heterocycles. The number of ether oxygens (including phenoxy) is 1. The van der Waals surface area contributed by atoms with Gasteiger partial charge in [-0.1, -0.05) is 0 Å². The summed E-state index contributed by atoms with van der Waals surface area (Å²) in [5, 5.41) is 10.1. The molecule has 0 radical (unpaired) electrons. The van der Waals surface area contributed by atoms with Crippen molar-refractivity contribution >= 4 is 12.4 Å². The van der Waals surface area contributed by atoms with Gasteiger partial charge in [0.2, 0.25) is 5.91 Å². The molecular weight excluding hydrogens is 274 g/mol. The highest BCUT2D eigenvalue weighted by Gasteiger charge is 2.38. The average molecular weight is 299 g/mol. The van der Waals surface area contributed by atoms with Gasteiger partial charge in [0.25, 0.3) is 6.47 Å². The number of carbonyl (C=O) groups is 2. The van der Waals surface area contributed by atoms with Crippen LogP contribution in [0.15, 0.2) is 0 Å². The summed E-state index contributed by atoms with van der Waals surface area (Å²) in [6, 6.07) is 0.572. The molecule has 2 N–H and O–H groups in total. The number of hydrogen-bond acceptors (Lipinski definition) is 5. The van der Waals surface area contributed by atoms with Crippen LogP contribution in [0.4, 0.5) is 0 Å². The van der Waals surface area contributed by atoms with Crippen LogP contribution in [0.5, 0.6) is 0 Å². The van der Waals surface area contributed by atoms with Gasteiger partial charge in [-0.3, -0.25) is 14.5 Å². The number of carboxylic acid groups (broad SMARTS) is 1. The maximum absolute atomic E-state index is 11.8. The molecule has 0 aromatic carbocycles. The second-order valence-electron chi connectivity index (χ2n) is 5.94. The number of rotatable bonds is 3. The number of nitrogens with zero attached hydrogens (tertiary/aromatic N) is 2. The highest BCUT2D eigenvalue weighted by Crippen LogP contribution is 2.29. The van der Waals surface area contributed by atoms with Gasteiger partial charge in [0.05, 0.1) is 25.3 Å². The van der Waals surface area contributed by atoms with Gasteiger partial charge in [-0.2, -0.15) is 0 Å². The number of amides is 1. The van der Waals surface area contributed by atoms with Gasteiger partial charge in [-0.25, -0.2) is 0 Å². The first kappa shape index (κ1) is 16.2. The lowest BCUT2D eigenvalue weighted by Crippen LogP contribution is -2.56. The van der Waals surface area contributed by atoms with E-state index in [9.17, 15) is 4.79 Å². The molecule has 0 unspecified atom stereocenters. The predicted octanol–water partition coefficient (Wildman–Crippen LogP) is -0.772. The monoisotopic (exact) mass is 299 g/mol. The smallest absolute Gasteiger partial charge is 0.290 e. The van der Waals surface area contributed by atoms with E-state index in [4.69, 9.17) is 14.6 Å². The summed E-state index contributed by atoms with van der Waals surface area (Å²) >= 11 is 0. The third-order valence-electron chi connectivity index (χ3n) is 4.33. The molecule has 7 nitrogen and oxygen atoms in total. The number of carbonyl (C=O) groups excluding carboxylic acids is 1. The average Bonchev–Trinajstić information content (AvgIpc) is 3.22. The minimum absolute atomic E-state index is 0.196. The van der Waals surface area contributed by atoms with Gasteiger partial charge < -0.3 is 20.1 Å². The minimum Gasteiger partial charge on any atom is -0.483 e. The summed E-state index contributed by atoms with van der Waals surface area (Å²) in [4.78, 5) is 25.0. The first-order valence-electron chi connectivity index (χ1n) is 7.54. The van der Waals surface area contributed by atoms with Crippen LogP contribution < -0.4 is 5.32 Å². The Hall–Kier alpha value is -1.18. The van der Waals surface area contributed by atoms with Gasteiger partial charge in [-0.05, 0) is 19.9 Å². The lowest BCUT2D eigenvalue weighted by Gasteiger charge is -2.38. The van der Waals surface area contributed by atoms with E-state index in [1.54, 1.807) is 0 Å². The summed E-state index contributed by atoms with van der Waals surface area (Å²) in [5.41, 5.74) is 0. The Morgan fingerprint density at radius 2 is 1.86 bits per heavy atom. The first-order chi connectivity index (χ1) is 10.2. The largest absolute Gasteiger partial charge is 0.483 e. The molecule has 3 fully saturated rings. The van der Waals surface area contributed by atoms with Crippen molar-refractivity contribution < 1.29 is 19.4 Å². The van der Waals surface area contributed by atoms with E-state index in [-0.39, 0.29) is 18.4 Å². The van der Waals surface area contributed by atoms with E-state index in [0.29, 0.717) is 18.6 Å². The van der Waals surface area contributed by atoms with Crippen LogP contribution in [0.2, 0.25) is 0 Å². The summed E-state index contributed by atoms with van der Waals surface area (Å²) in [6.07, 6.45) is 2.14. The molecule has 0 aromatic rings. The second-order valence-corrected chi connectivity index (χ2v) is 5.94. The first-order valence-corrected chi connectivity index (χ1v) is 7.54. The molecule has 0 bridgehead atoms. The van der Waals surface area contributed by atoms with Gasteiger partial charge in [0.15, 0.2) is 0 Å². The quantitative estimate of drug-likeness (QED) is 0.666. The maximum atomic E-state index is 11.8. The lowest BCUT2D eigenvalue weighted by molar-refractivity contribution is -0.124. The number of piperazine rings is 1. The van der Waals surface area contributed by atoms with Crippen molar-refractivity contribution in [2.45, 2.75) is 24.9 Å². The van der Waals surface area contributed by atoms with Crippen molar-refractivity contribution in [3.05, 3.63) is 0 Å². The maximum Gasteiger partial charge on any atom is 0.290 e. The van der Waals surface area contributed by atoms with E-state index in [1.165, 1.54) is 0 Å². The molecule has 1 aliphatic carbocycles. The van der Waals surface area contributed by atoms with E-state index in [1.807, 2.05) is 0 Å². The Kier molecular flexibility index (Phi) is 5.96. The van der Waals surface area contributed by atoms with Crippen LogP contribution in [0.1, 0.15) is 12.8 Å². The van der Waals surface area contributed by atoms with Crippen LogP contribution in [0.3, 0.4) is 0 Å².